The topological polar surface area (TPSA) is 63.4 Å². The number of rotatable bonds is 3. The van der Waals surface area contributed by atoms with Gasteiger partial charge in [0.1, 0.15) is 6.10 Å². The Labute approximate surface area is 77.9 Å². The molecule has 1 aromatic rings. The van der Waals surface area contributed by atoms with E-state index in [0.29, 0.717) is 0 Å². The van der Waals surface area contributed by atoms with Crippen molar-refractivity contribution in [2.24, 2.45) is 0 Å². The molecule has 0 saturated heterocycles. The molecule has 0 bridgehead atoms. The third-order valence-electron chi connectivity index (χ3n) is 1.66. The zero-order chi connectivity index (χ0) is 10.7. The van der Waals surface area contributed by atoms with Gasteiger partial charge in [-0.05, 0) is 5.56 Å². The summed E-state index contributed by atoms with van der Waals surface area (Å²) in [6.45, 7) is 0. The molecule has 0 saturated carbocycles. The first-order valence-electron chi connectivity index (χ1n) is 3.73. The number of alkyl halides is 2. The van der Waals surface area contributed by atoms with E-state index in [0.717, 1.165) is 6.07 Å². The predicted molar refractivity (Wildman–Crippen MR) is 44.1 cm³/mol. The van der Waals surface area contributed by atoms with E-state index in [4.69, 9.17) is 5.11 Å². The molecule has 0 aliphatic heterocycles. The van der Waals surface area contributed by atoms with Crippen molar-refractivity contribution in [2.75, 3.05) is 0 Å². The number of aliphatic hydroxyl groups is 1. The highest BCUT2D eigenvalue weighted by Crippen LogP contribution is 2.23. The molecular formula is C8H7F2NO3. The molecule has 0 aromatic heterocycles. The summed E-state index contributed by atoms with van der Waals surface area (Å²) in [5.41, 5.74) is -0.476. The number of aliphatic hydroxyl groups excluding tert-OH is 1. The van der Waals surface area contributed by atoms with Crippen LogP contribution < -0.4 is 0 Å². The normalized spacial score (nSPS) is 12.9. The van der Waals surface area contributed by atoms with Crippen molar-refractivity contribution in [1.29, 1.82) is 0 Å². The van der Waals surface area contributed by atoms with E-state index in [1.54, 1.807) is 0 Å². The van der Waals surface area contributed by atoms with Crippen molar-refractivity contribution in [3.05, 3.63) is 39.9 Å². The summed E-state index contributed by atoms with van der Waals surface area (Å²) in [7, 11) is 0. The fourth-order valence-corrected chi connectivity index (χ4v) is 0.968. The molecule has 0 fully saturated rings. The van der Waals surface area contributed by atoms with Crippen LogP contribution in [0.2, 0.25) is 0 Å². The highest BCUT2D eigenvalue weighted by Gasteiger charge is 2.20. The summed E-state index contributed by atoms with van der Waals surface area (Å²) in [5.74, 6) is 0. The lowest BCUT2D eigenvalue weighted by Gasteiger charge is -2.08. The molecule has 0 amide bonds. The molecule has 14 heavy (non-hydrogen) atoms. The number of nitro benzene ring substituents is 1. The van der Waals surface area contributed by atoms with Gasteiger partial charge in [0, 0.05) is 12.1 Å². The van der Waals surface area contributed by atoms with Crippen molar-refractivity contribution in [3.8, 4) is 0 Å². The van der Waals surface area contributed by atoms with Gasteiger partial charge in [-0.3, -0.25) is 10.1 Å². The summed E-state index contributed by atoms with van der Waals surface area (Å²) in [4.78, 5) is 9.58. The van der Waals surface area contributed by atoms with E-state index in [1.807, 2.05) is 0 Å². The summed E-state index contributed by atoms with van der Waals surface area (Å²) in [5, 5.41) is 19.2. The van der Waals surface area contributed by atoms with Crippen LogP contribution in [-0.4, -0.2) is 16.5 Å². The van der Waals surface area contributed by atoms with Gasteiger partial charge in [0.05, 0.1) is 4.92 Å². The maximum Gasteiger partial charge on any atom is 0.269 e. The van der Waals surface area contributed by atoms with Crippen molar-refractivity contribution in [3.63, 3.8) is 0 Å². The predicted octanol–water partition coefficient (Wildman–Crippen LogP) is 1.89. The molecule has 76 valence electrons. The lowest BCUT2D eigenvalue weighted by molar-refractivity contribution is -0.385. The van der Waals surface area contributed by atoms with Crippen molar-refractivity contribution in [1.82, 2.24) is 0 Å². The zero-order valence-electron chi connectivity index (χ0n) is 6.93. The fourth-order valence-electron chi connectivity index (χ4n) is 0.968. The van der Waals surface area contributed by atoms with Crippen LogP contribution in [0.5, 0.6) is 0 Å². The van der Waals surface area contributed by atoms with Crippen molar-refractivity contribution in [2.45, 2.75) is 12.5 Å². The molecular weight excluding hydrogens is 196 g/mol. The number of nitro groups is 1. The molecule has 4 nitrogen and oxygen atoms in total. The number of benzene rings is 1. The van der Waals surface area contributed by atoms with E-state index in [2.05, 4.69) is 0 Å². The third kappa shape index (κ3) is 2.23. The minimum Gasteiger partial charge on any atom is -0.382 e. The standard InChI is InChI=1S/C8H7F2NO3/c9-8(10)7(12)5-2-1-3-6(4-5)11(13)14/h1-4,7-8,12H. The van der Waals surface area contributed by atoms with E-state index < -0.39 is 17.5 Å². The fraction of sp³-hybridized carbons (Fsp3) is 0.250. The minimum atomic E-state index is -2.95. The summed E-state index contributed by atoms with van der Waals surface area (Å²) in [6.07, 6.45) is -4.92. The smallest absolute Gasteiger partial charge is 0.269 e. The molecule has 1 aromatic carbocycles. The van der Waals surface area contributed by atoms with Crippen LogP contribution in [0.25, 0.3) is 0 Å². The summed E-state index contributed by atoms with van der Waals surface area (Å²) < 4.78 is 24.1. The van der Waals surface area contributed by atoms with Crippen LogP contribution in [-0.2, 0) is 0 Å². The van der Waals surface area contributed by atoms with Crippen LogP contribution in [0.1, 0.15) is 11.7 Å². The second kappa shape index (κ2) is 4.10. The van der Waals surface area contributed by atoms with Gasteiger partial charge in [0.25, 0.3) is 12.1 Å². The molecule has 0 aliphatic rings. The molecule has 1 N–H and O–H groups in total. The largest absolute Gasteiger partial charge is 0.382 e. The second-order valence-electron chi connectivity index (χ2n) is 2.63. The van der Waals surface area contributed by atoms with E-state index in [9.17, 15) is 18.9 Å². The Bertz CT molecular complexity index is 343. The first kappa shape index (κ1) is 10.5. The molecule has 0 heterocycles. The molecule has 0 spiro atoms. The van der Waals surface area contributed by atoms with Gasteiger partial charge in [0.15, 0.2) is 0 Å². The Balaban J connectivity index is 2.99. The van der Waals surface area contributed by atoms with Crippen molar-refractivity contribution >= 4 is 5.69 Å². The summed E-state index contributed by atoms with van der Waals surface area (Å²) >= 11 is 0. The van der Waals surface area contributed by atoms with Gasteiger partial charge in [-0.1, -0.05) is 12.1 Å². The van der Waals surface area contributed by atoms with Crippen LogP contribution in [0, 0.1) is 10.1 Å². The lowest BCUT2D eigenvalue weighted by atomic mass is 10.1. The zero-order valence-corrected chi connectivity index (χ0v) is 6.93. The average molecular weight is 203 g/mol. The Morgan fingerprint density at radius 1 is 1.43 bits per heavy atom. The van der Waals surface area contributed by atoms with Crippen molar-refractivity contribution < 1.29 is 18.8 Å². The van der Waals surface area contributed by atoms with Gasteiger partial charge in [-0.2, -0.15) is 0 Å². The van der Waals surface area contributed by atoms with E-state index in [1.165, 1.54) is 18.2 Å². The van der Waals surface area contributed by atoms with Gasteiger partial charge >= 0.3 is 0 Å². The van der Waals surface area contributed by atoms with Gasteiger partial charge < -0.3 is 5.11 Å². The number of halogens is 2. The van der Waals surface area contributed by atoms with Crippen LogP contribution in [0.3, 0.4) is 0 Å². The van der Waals surface area contributed by atoms with Crippen LogP contribution >= 0.6 is 0 Å². The Kier molecular flexibility index (Phi) is 3.08. The van der Waals surface area contributed by atoms with Gasteiger partial charge in [-0.15, -0.1) is 0 Å². The van der Waals surface area contributed by atoms with Gasteiger partial charge in [-0.25, -0.2) is 8.78 Å². The first-order valence-corrected chi connectivity index (χ1v) is 3.73. The van der Waals surface area contributed by atoms with E-state index in [-0.39, 0.29) is 11.3 Å². The number of hydrogen-bond acceptors (Lipinski definition) is 3. The Morgan fingerprint density at radius 3 is 2.57 bits per heavy atom. The van der Waals surface area contributed by atoms with Crippen LogP contribution in [0.4, 0.5) is 14.5 Å². The number of nitrogens with zero attached hydrogens (tertiary/aromatic N) is 1. The molecule has 1 rings (SSSR count). The lowest BCUT2D eigenvalue weighted by Crippen LogP contribution is -2.08. The second-order valence-corrected chi connectivity index (χ2v) is 2.63. The minimum absolute atomic E-state index is 0.158. The maximum atomic E-state index is 12.0. The third-order valence-corrected chi connectivity index (χ3v) is 1.66. The highest BCUT2D eigenvalue weighted by atomic mass is 19.3. The SMILES string of the molecule is O=[N+]([O-])c1cccc(C(O)C(F)F)c1. The molecule has 0 aliphatic carbocycles. The Morgan fingerprint density at radius 2 is 2.07 bits per heavy atom. The monoisotopic (exact) mass is 203 g/mol. The molecule has 0 radical (unpaired) electrons. The maximum absolute atomic E-state index is 12.0. The first-order chi connectivity index (χ1) is 6.52. The van der Waals surface area contributed by atoms with E-state index >= 15 is 0 Å². The van der Waals surface area contributed by atoms with Gasteiger partial charge in [0.2, 0.25) is 0 Å². The molecule has 6 heteroatoms. The highest BCUT2D eigenvalue weighted by molar-refractivity contribution is 5.35. The molecule has 1 atom stereocenters. The summed E-state index contributed by atoms with van der Waals surface area (Å²) in [6, 6.07) is 4.56. The quantitative estimate of drug-likeness (QED) is 0.602. The number of hydrogen-bond donors (Lipinski definition) is 1. The average Bonchev–Trinajstić information content (AvgIpc) is 2.16. The molecule has 1 unspecified atom stereocenters. The van der Waals surface area contributed by atoms with Crippen LogP contribution in [0.15, 0.2) is 24.3 Å². The Hall–Kier alpha value is -1.56. The number of non-ortho nitro benzene ring substituents is 1.